The fourth-order valence-corrected chi connectivity index (χ4v) is 2.24. The second-order valence-corrected chi connectivity index (χ2v) is 5.01. The Hall–Kier alpha value is -0.570. The van der Waals surface area contributed by atoms with Crippen LogP contribution in [0.1, 0.15) is 39.0 Å². The van der Waals surface area contributed by atoms with Crippen LogP contribution in [0.2, 0.25) is 0 Å². The van der Waals surface area contributed by atoms with Crippen molar-refractivity contribution in [3.63, 3.8) is 0 Å². The van der Waals surface area contributed by atoms with Gasteiger partial charge >= 0.3 is 0 Å². The van der Waals surface area contributed by atoms with Gasteiger partial charge in [0.25, 0.3) is 0 Å². The maximum Gasteiger partial charge on any atom is 0.222 e. The largest absolute Gasteiger partial charge is 0.339 e. The van der Waals surface area contributed by atoms with Gasteiger partial charge < -0.3 is 10.6 Å². The number of hydrogen-bond acceptors (Lipinski definition) is 2. The van der Waals surface area contributed by atoms with Gasteiger partial charge in [-0.05, 0) is 25.2 Å². The Kier molecular flexibility index (Phi) is 2.52. The maximum absolute atomic E-state index is 11.6. The molecule has 2 rings (SSSR count). The van der Waals surface area contributed by atoms with Gasteiger partial charge in [-0.2, -0.15) is 0 Å². The molecule has 0 aromatic carbocycles. The van der Waals surface area contributed by atoms with Crippen LogP contribution < -0.4 is 5.73 Å². The highest BCUT2D eigenvalue weighted by atomic mass is 16.2. The van der Waals surface area contributed by atoms with Gasteiger partial charge in [-0.25, -0.2) is 0 Å². The molecule has 1 heterocycles. The van der Waals surface area contributed by atoms with E-state index < -0.39 is 0 Å². The van der Waals surface area contributed by atoms with Crippen molar-refractivity contribution in [3.05, 3.63) is 0 Å². The van der Waals surface area contributed by atoms with Gasteiger partial charge in [0.05, 0.1) is 5.54 Å². The zero-order valence-corrected chi connectivity index (χ0v) is 8.96. The van der Waals surface area contributed by atoms with Crippen LogP contribution >= 0.6 is 0 Å². The predicted molar refractivity (Wildman–Crippen MR) is 55.7 cm³/mol. The van der Waals surface area contributed by atoms with E-state index in [9.17, 15) is 4.79 Å². The Labute approximate surface area is 85.6 Å². The number of amides is 1. The summed E-state index contributed by atoms with van der Waals surface area (Å²) in [6.45, 7) is 3.71. The van der Waals surface area contributed by atoms with E-state index in [0.717, 1.165) is 32.4 Å². The van der Waals surface area contributed by atoms with Gasteiger partial charge in [0.1, 0.15) is 0 Å². The summed E-state index contributed by atoms with van der Waals surface area (Å²) in [7, 11) is 0. The number of nitrogens with zero attached hydrogens (tertiary/aromatic N) is 1. The van der Waals surface area contributed by atoms with Crippen molar-refractivity contribution in [2.75, 3.05) is 13.1 Å². The van der Waals surface area contributed by atoms with Crippen LogP contribution in [0.25, 0.3) is 0 Å². The molecule has 2 N–H and O–H groups in total. The zero-order chi connectivity index (χ0) is 10.2. The van der Waals surface area contributed by atoms with Gasteiger partial charge in [-0.15, -0.1) is 0 Å². The van der Waals surface area contributed by atoms with Crippen LogP contribution in [0, 0.1) is 5.92 Å². The van der Waals surface area contributed by atoms with Crippen LogP contribution in [0.4, 0.5) is 0 Å². The molecule has 2 aliphatic rings. The van der Waals surface area contributed by atoms with E-state index in [4.69, 9.17) is 5.73 Å². The molecule has 0 aromatic heterocycles. The number of hydrogen-bond donors (Lipinski definition) is 1. The lowest BCUT2D eigenvalue weighted by Gasteiger charge is -2.48. The fourth-order valence-electron chi connectivity index (χ4n) is 2.24. The molecule has 2 fully saturated rings. The second-order valence-electron chi connectivity index (χ2n) is 5.01. The van der Waals surface area contributed by atoms with E-state index in [1.807, 2.05) is 4.90 Å². The van der Waals surface area contributed by atoms with Crippen LogP contribution in [0.5, 0.6) is 0 Å². The van der Waals surface area contributed by atoms with Crippen molar-refractivity contribution in [1.82, 2.24) is 4.90 Å². The lowest BCUT2D eigenvalue weighted by molar-refractivity contribution is -0.139. The fraction of sp³-hybridized carbons (Fsp3) is 0.909. The molecule has 0 atom stereocenters. The molecule has 80 valence electrons. The zero-order valence-electron chi connectivity index (χ0n) is 8.96. The highest BCUT2D eigenvalue weighted by Gasteiger charge is 2.41. The molecule has 1 saturated heterocycles. The van der Waals surface area contributed by atoms with Gasteiger partial charge in [0, 0.05) is 19.5 Å². The summed E-state index contributed by atoms with van der Waals surface area (Å²) in [5, 5.41) is 0. The summed E-state index contributed by atoms with van der Waals surface area (Å²) in [5.74, 6) is 1.02. The SMILES string of the molecule is CCCC1(N)CN(C(=O)CC2CC2)C1. The quantitative estimate of drug-likeness (QED) is 0.732. The lowest BCUT2D eigenvalue weighted by atomic mass is 9.86. The number of nitrogens with two attached hydrogens (primary N) is 1. The lowest BCUT2D eigenvalue weighted by Crippen LogP contribution is -2.68. The first-order valence-electron chi connectivity index (χ1n) is 5.69. The average molecular weight is 196 g/mol. The van der Waals surface area contributed by atoms with E-state index in [1.165, 1.54) is 12.8 Å². The minimum Gasteiger partial charge on any atom is -0.339 e. The van der Waals surface area contributed by atoms with Crippen molar-refractivity contribution in [2.45, 2.75) is 44.6 Å². The molecular weight excluding hydrogens is 176 g/mol. The number of carbonyl (C=O) groups excluding carboxylic acids is 1. The van der Waals surface area contributed by atoms with E-state index >= 15 is 0 Å². The van der Waals surface area contributed by atoms with E-state index in [1.54, 1.807) is 0 Å². The van der Waals surface area contributed by atoms with Crippen LogP contribution in [0.15, 0.2) is 0 Å². The Bertz CT molecular complexity index is 229. The number of carbonyl (C=O) groups is 1. The molecule has 0 spiro atoms. The topological polar surface area (TPSA) is 46.3 Å². The molecule has 1 aliphatic heterocycles. The first kappa shape index (κ1) is 9.97. The van der Waals surface area contributed by atoms with Crippen LogP contribution in [0.3, 0.4) is 0 Å². The molecule has 0 aromatic rings. The van der Waals surface area contributed by atoms with Crippen molar-refractivity contribution in [2.24, 2.45) is 11.7 Å². The predicted octanol–water partition coefficient (Wildman–Crippen LogP) is 1.13. The first-order chi connectivity index (χ1) is 6.63. The van der Waals surface area contributed by atoms with Crippen molar-refractivity contribution in [3.8, 4) is 0 Å². The van der Waals surface area contributed by atoms with Gasteiger partial charge in [0.15, 0.2) is 0 Å². The Balaban J connectivity index is 1.72. The minimum atomic E-state index is -0.0615. The summed E-state index contributed by atoms with van der Waals surface area (Å²) in [5.41, 5.74) is 6.03. The molecule has 0 radical (unpaired) electrons. The smallest absolute Gasteiger partial charge is 0.222 e. The Morgan fingerprint density at radius 2 is 2.14 bits per heavy atom. The third-order valence-electron chi connectivity index (χ3n) is 3.27. The van der Waals surface area contributed by atoms with Crippen molar-refractivity contribution < 1.29 is 4.79 Å². The average Bonchev–Trinajstić information content (AvgIpc) is 2.84. The third-order valence-corrected chi connectivity index (χ3v) is 3.27. The summed E-state index contributed by atoms with van der Waals surface area (Å²) in [6.07, 6.45) is 5.42. The van der Waals surface area contributed by atoms with Crippen molar-refractivity contribution >= 4 is 5.91 Å². The van der Waals surface area contributed by atoms with Gasteiger partial charge in [-0.3, -0.25) is 4.79 Å². The number of likely N-dealkylation sites (tertiary alicyclic amines) is 1. The molecular formula is C11H20N2O. The molecule has 1 aliphatic carbocycles. The maximum atomic E-state index is 11.6. The summed E-state index contributed by atoms with van der Waals surface area (Å²) in [6, 6.07) is 0. The molecule has 1 saturated carbocycles. The number of rotatable bonds is 4. The monoisotopic (exact) mass is 196 g/mol. The van der Waals surface area contributed by atoms with Crippen LogP contribution in [-0.4, -0.2) is 29.4 Å². The highest BCUT2D eigenvalue weighted by molar-refractivity contribution is 5.78. The van der Waals surface area contributed by atoms with Crippen molar-refractivity contribution in [1.29, 1.82) is 0 Å². The van der Waals surface area contributed by atoms with E-state index in [0.29, 0.717) is 11.8 Å². The molecule has 0 bridgehead atoms. The Morgan fingerprint density at radius 1 is 1.50 bits per heavy atom. The van der Waals surface area contributed by atoms with E-state index in [-0.39, 0.29) is 5.54 Å². The first-order valence-corrected chi connectivity index (χ1v) is 5.69. The molecule has 14 heavy (non-hydrogen) atoms. The summed E-state index contributed by atoms with van der Waals surface area (Å²) < 4.78 is 0. The molecule has 3 heteroatoms. The van der Waals surface area contributed by atoms with Gasteiger partial charge in [-0.1, -0.05) is 13.3 Å². The summed E-state index contributed by atoms with van der Waals surface area (Å²) in [4.78, 5) is 13.6. The molecule has 3 nitrogen and oxygen atoms in total. The van der Waals surface area contributed by atoms with Crippen LogP contribution in [-0.2, 0) is 4.79 Å². The van der Waals surface area contributed by atoms with E-state index in [2.05, 4.69) is 6.92 Å². The standard InChI is InChI=1S/C11H20N2O/c1-2-5-11(12)7-13(8-11)10(14)6-9-3-4-9/h9H,2-8,12H2,1H3. The summed E-state index contributed by atoms with van der Waals surface area (Å²) >= 11 is 0. The normalized spacial score (nSPS) is 24.6. The Morgan fingerprint density at radius 3 is 2.64 bits per heavy atom. The highest BCUT2D eigenvalue weighted by Crippen LogP contribution is 2.34. The van der Waals surface area contributed by atoms with Gasteiger partial charge in [0.2, 0.25) is 5.91 Å². The molecule has 1 amide bonds. The second kappa shape index (κ2) is 3.54. The third kappa shape index (κ3) is 2.08. The minimum absolute atomic E-state index is 0.0615. The molecule has 0 unspecified atom stereocenters.